The number of rotatable bonds is 2. The van der Waals surface area contributed by atoms with Crippen LogP contribution in [0.25, 0.3) is 0 Å². The van der Waals surface area contributed by atoms with Crippen molar-refractivity contribution in [1.82, 2.24) is 19.7 Å². The highest BCUT2D eigenvalue weighted by Gasteiger charge is 2.30. The van der Waals surface area contributed by atoms with E-state index in [1.165, 1.54) is 25.9 Å². The lowest BCUT2D eigenvalue weighted by atomic mass is 9.89. The molecule has 0 aliphatic carbocycles. The normalized spacial score (nSPS) is 22.4. The van der Waals surface area contributed by atoms with Gasteiger partial charge in [0.05, 0.1) is 0 Å². The summed E-state index contributed by atoms with van der Waals surface area (Å²) in [5, 5.41) is 7.76. The van der Waals surface area contributed by atoms with Crippen LogP contribution in [0.15, 0.2) is 12.7 Å². The van der Waals surface area contributed by atoms with Gasteiger partial charge < -0.3 is 9.47 Å². The lowest BCUT2D eigenvalue weighted by Crippen LogP contribution is -2.43. The van der Waals surface area contributed by atoms with Crippen molar-refractivity contribution in [2.75, 3.05) is 19.6 Å². The van der Waals surface area contributed by atoms with Crippen LogP contribution in [-0.2, 0) is 5.54 Å². The quantitative estimate of drug-likeness (QED) is 0.707. The summed E-state index contributed by atoms with van der Waals surface area (Å²) in [4.78, 5) is 2.49. The Labute approximate surface area is 84.9 Å². The van der Waals surface area contributed by atoms with Crippen molar-refractivity contribution in [1.29, 1.82) is 0 Å². The van der Waals surface area contributed by atoms with Crippen LogP contribution >= 0.6 is 0 Å². The molecule has 2 rings (SSSR count). The van der Waals surface area contributed by atoms with Crippen LogP contribution in [0.1, 0.15) is 26.7 Å². The molecule has 1 aliphatic heterocycles. The van der Waals surface area contributed by atoms with E-state index in [0.29, 0.717) is 0 Å². The van der Waals surface area contributed by atoms with E-state index >= 15 is 0 Å². The zero-order valence-corrected chi connectivity index (χ0v) is 8.98. The van der Waals surface area contributed by atoms with Crippen LogP contribution in [0.2, 0.25) is 0 Å². The molecule has 4 nitrogen and oxygen atoms in total. The summed E-state index contributed by atoms with van der Waals surface area (Å²) in [6.07, 6.45) is 6.06. The van der Waals surface area contributed by atoms with Gasteiger partial charge in [0.2, 0.25) is 0 Å². The Hall–Kier alpha value is -0.900. The van der Waals surface area contributed by atoms with E-state index in [2.05, 4.69) is 33.5 Å². The standard InChI is InChI=1S/C10H18N4/c1-3-13-6-4-10(2,5-7-13)14-8-11-12-9-14/h8-9H,3-7H2,1-2H3. The smallest absolute Gasteiger partial charge is 0.119 e. The highest BCUT2D eigenvalue weighted by atomic mass is 15.3. The molecule has 1 saturated heterocycles. The molecule has 2 heterocycles. The van der Waals surface area contributed by atoms with Gasteiger partial charge in [0.25, 0.3) is 0 Å². The van der Waals surface area contributed by atoms with E-state index in [4.69, 9.17) is 0 Å². The molecule has 0 spiro atoms. The lowest BCUT2D eigenvalue weighted by molar-refractivity contribution is 0.128. The van der Waals surface area contributed by atoms with Gasteiger partial charge in [-0.1, -0.05) is 6.92 Å². The average Bonchev–Trinajstić information content (AvgIpc) is 2.72. The summed E-state index contributed by atoms with van der Waals surface area (Å²) in [5.41, 5.74) is 0.231. The van der Waals surface area contributed by atoms with E-state index in [-0.39, 0.29) is 5.54 Å². The largest absolute Gasteiger partial charge is 0.314 e. The van der Waals surface area contributed by atoms with E-state index in [1.807, 2.05) is 12.7 Å². The molecule has 0 atom stereocenters. The van der Waals surface area contributed by atoms with Crippen molar-refractivity contribution >= 4 is 0 Å². The first-order valence-corrected chi connectivity index (χ1v) is 5.32. The Morgan fingerprint density at radius 2 is 1.79 bits per heavy atom. The Morgan fingerprint density at radius 3 is 2.29 bits per heavy atom. The fourth-order valence-corrected chi connectivity index (χ4v) is 2.09. The summed E-state index contributed by atoms with van der Waals surface area (Å²) in [7, 11) is 0. The fraction of sp³-hybridized carbons (Fsp3) is 0.800. The van der Waals surface area contributed by atoms with Crippen molar-refractivity contribution < 1.29 is 0 Å². The van der Waals surface area contributed by atoms with Crippen LogP contribution < -0.4 is 0 Å². The highest BCUT2D eigenvalue weighted by Crippen LogP contribution is 2.28. The van der Waals surface area contributed by atoms with Gasteiger partial charge in [-0.25, -0.2) is 0 Å². The maximum absolute atomic E-state index is 3.88. The van der Waals surface area contributed by atoms with Crippen molar-refractivity contribution in [2.24, 2.45) is 0 Å². The highest BCUT2D eigenvalue weighted by molar-refractivity contribution is 4.89. The summed E-state index contributed by atoms with van der Waals surface area (Å²) >= 11 is 0. The summed E-state index contributed by atoms with van der Waals surface area (Å²) in [6, 6.07) is 0. The molecule has 1 fully saturated rings. The molecule has 0 amide bonds. The number of nitrogens with zero attached hydrogens (tertiary/aromatic N) is 4. The maximum atomic E-state index is 3.88. The van der Waals surface area contributed by atoms with E-state index in [9.17, 15) is 0 Å². The third-order valence-corrected chi connectivity index (χ3v) is 3.42. The van der Waals surface area contributed by atoms with Gasteiger partial charge in [-0.05, 0) is 26.3 Å². The van der Waals surface area contributed by atoms with Crippen molar-refractivity contribution in [3.8, 4) is 0 Å². The fourth-order valence-electron chi connectivity index (χ4n) is 2.09. The SMILES string of the molecule is CCN1CCC(C)(n2cnnc2)CC1. The maximum Gasteiger partial charge on any atom is 0.119 e. The molecule has 1 aromatic rings. The summed E-state index contributed by atoms with van der Waals surface area (Å²) < 4.78 is 2.15. The molecule has 0 aromatic carbocycles. The predicted octanol–water partition coefficient (Wildman–Crippen LogP) is 1.11. The summed E-state index contributed by atoms with van der Waals surface area (Å²) in [6.45, 7) is 8.05. The van der Waals surface area contributed by atoms with Gasteiger partial charge in [0.15, 0.2) is 0 Å². The second-order valence-corrected chi connectivity index (χ2v) is 4.30. The van der Waals surface area contributed by atoms with E-state index in [0.717, 1.165) is 6.54 Å². The first kappa shape index (κ1) is 9.65. The number of hydrogen-bond donors (Lipinski definition) is 0. The molecular weight excluding hydrogens is 176 g/mol. The van der Waals surface area contributed by atoms with Gasteiger partial charge in [-0.2, -0.15) is 0 Å². The average molecular weight is 194 g/mol. The lowest BCUT2D eigenvalue weighted by Gasteiger charge is -2.39. The molecule has 0 N–H and O–H groups in total. The zero-order chi connectivity index (χ0) is 10.0. The van der Waals surface area contributed by atoms with Gasteiger partial charge in [0, 0.05) is 18.6 Å². The van der Waals surface area contributed by atoms with Crippen molar-refractivity contribution in [2.45, 2.75) is 32.2 Å². The molecular formula is C10H18N4. The van der Waals surface area contributed by atoms with Crippen LogP contribution in [0.4, 0.5) is 0 Å². The number of piperidine rings is 1. The first-order valence-electron chi connectivity index (χ1n) is 5.32. The van der Waals surface area contributed by atoms with Crippen molar-refractivity contribution in [3.63, 3.8) is 0 Å². The molecule has 0 bridgehead atoms. The third-order valence-electron chi connectivity index (χ3n) is 3.42. The van der Waals surface area contributed by atoms with Crippen LogP contribution in [0, 0.1) is 0 Å². The van der Waals surface area contributed by atoms with Gasteiger partial charge in [-0.15, -0.1) is 10.2 Å². The molecule has 14 heavy (non-hydrogen) atoms. The molecule has 1 aliphatic rings. The molecule has 4 heteroatoms. The monoisotopic (exact) mass is 194 g/mol. The molecule has 1 aromatic heterocycles. The minimum Gasteiger partial charge on any atom is -0.314 e. The van der Waals surface area contributed by atoms with E-state index < -0.39 is 0 Å². The van der Waals surface area contributed by atoms with Gasteiger partial charge in [0.1, 0.15) is 12.7 Å². The minimum atomic E-state index is 0.231. The zero-order valence-electron chi connectivity index (χ0n) is 8.98. The van der Waals surface area contributed by atoms with Crippen LogP contribution in [-0.4, -0.2) is 39.3 Å². The topological polar surface area (TPSA) is 34.0 Å². The minimum absolute atomic E-state index is 0.231. The molecule has 0 radical (unpaired) electrons. The second kappa shape index (κ2) is 3.69. The second-order valence-electron chi connectivity index (χ2n) is 4.30. The van der Waals surface area contributed by atoms with Crippen LogP contribution in [0.5, 0.6) is 0 Å². The van der Waals surface area contributed by atoms with E-state index in [1.54, 1.807) is 0 Å². The number of hydrogen-bond acceptors (Lipinski definition) is 3. The Kier molecular flexibility index (Phi) is 2.54. The molecule has 0 saturated carbocycles. The number of aromatic nitrogens is 3. The molecule has 78 valence electrons. The summed E-state index contributed by atoms with van der Waals surface area (Å²) in [5.74, 6) is 0. The molecule has 0 unspecified atom stereocenters. The van der Waals surface area contributed by atoms with Gasteiger partial charge in [-0.3, -0.25) is 0 Å². The van der Waals surface area contributed by atoms with Crippen LogP contribution in [0.3, 0.4) is 0 Å². The van der Waals surface area contributed by atoms with Crippen molar-refractivity contribution in [3.05, 3.63) is 12.7 Å². The first-order chi connectivity index (χ1) is 6.74. The Balaban J connectivity index is 2.06. The van der Waals surface area contributed by atoms with Gasteiger partial charge >= 0.3 is 0 Å². The third kappa shape index (κ3) is 1.66. The Morgan fingerprint density at radius 1 is 1.21 bits per heavy atom. The number of likely N-dealkylation sites (tertiary alicyclic amines) is 1. The predicted molar refractivity (Wildman–Crippen MR) is 55.0 cm³/mol. The Bertz CT molecular complexity index is 272.